The van der Waals surface area contributed by atoms with Crippen LogP contribution in [0.25, 0.3) is 0 Å². The third-order valence-electron chi connectivity index (χ3n) is 4.80. The lowest BCUT2D eigenvalue weighted by atomic mass is 9.85. The first-order chi connectivity index (χ1) is 11.8. The Balaban J connectivity index is 1.67. The molecular weight excluding hydrogens is 302 g/mol. The van der Waals surface area contributed by atoms with Gasteiger partial charge in [-0.1, -0.05) is 42.5 Å². The van der Waals surface area contributed by atoms with E-state index in [2.05, 4.69) is 4.90 Å². The van der Waals surface area contributed by atoms with Gasteiger partial charge in [0.2, 0.25) is 0 Å². The van der Waals surface area contributed by atoms with Crippen molar-refractivity contribution in [1.82, 2.24) is 4.90 Å². The zero-order chi connectivity index (χ0) is 16.4. The molecule has 0 unspecified atom stereocenters. The van der Waals surface area contributed by atoms with Crippen molar-refractivity contribution in [3.63, 3.8) is 0 Å². The van der Waals surface area contributed by atoms with Crippen molar-refractivity contribution in [3.8, 4) is 5.75 Å². The number of hydrogen-bond acceptors (Lipinski definition) is 4. The standard InChI is InChI=1S/C20H21NO3/c22-19-16-8-4-5-9-18(16)24-20(15-6-2-1-3-7-15)17(19)14-21-10-12-23-13-11-21/h1-9,17,20H,10-14H2/t17-,20+/m1/s1. The molecule has 0 aliphatic carbocycles. The molecular formula is C20H21NO3. The Hall–Kier alpha value is -2.17. The summed E-state index contributed by atoms with van der Waals surface area (Å²) < 4.78 is 11.7. The van der Waals surface area contributed by atoms with E-state index in [4.69, 9.17) is 9.47 Å². The molecule has 2 atom stereocenters. The van der Waals surface area contributed by atoms with E-state index in [9.17, 15) is 4.79 Å². The molecule has 0 radical (unpaired) electrons. The molecule has 4 nitrogen and oxygen atoms in total. The molecule has 0 aromatic heterocycles. The molecule has 0 bridgehead atoms. The first-order valence-electron chi connectivity index (χ1n) is 8.48. The zero-order valence-electron chi connectivity index (χ0n) is 13.6. The van der Waals surface area contributed by atoms with Gasteiger partial charge >= 0.3 is 0 Å². The number of carbonyl (C=O) groups excluding carboxylic acids is 1. The lowest BCUT2D eigenvalue weighted by molar-refractivity contribution is 0.0137. The molecule has 2 aliphatic rings. The van der Waals surface area contributed by atoms with Gasteiger partial charge in [-0.15, -0.1) is 0 Å². The zero-order valence-corrected chi connectivity index (χ0v) is 13.6. The SMILES string of the molecule is O=C1c2ccccc2O[C@@H](c2ccccc2)[C@@H]1CN1CCOCC1. The topological polar surface area (TPSA) is 38.8 Å². The summed E-state index contributed by atoms with van der Waals surface area (Å²) in [5.41, 5.74) is 1.75. The summed E-state index contributed by atoms with van der Waals surface area (Å²) in [6.45, 7) is 3.90. The second kappa shape index (κ2) is 6.75. The van der Waals surface area contributed by atoms with Gasteiger partial charge in [0.05, 0.1) is 24.7 Å². The number of morpholine rings is 1. The summed E-state index contributed by atoms with van der Waals surface area (Å²) in [7, 11) is 0. The van der Waals surface area contributed by atoms with Crippen LogP contribution in [0, 0.1) is 5.92 Å². The van der Waals surface area contributed by atoms with Crippen molar-refractivity contribution in [3.05, 3.63) is 65.7 Å². The molecule has 0 N–H and O–H groups in total. The highest BCUT2D eigenvalue weighted by Gasteiger charge is 2.39. The molecule has 1 saturated heterocycles. The number of carbonyl (C=O) groups is 1. The quantitative estimate of drug-likeness (QED) is 0.870. The van der Waals surface area contributed by atoms with Gasteiger partial charge in [-0.2, -0.15) is 0 Å². The number of nitrogens with zero attached hydrogens (tertiary/aromatic N) is 1. The van der Waals surface area contributed by atoms with Crippen LogP contribution in [0.1, 0.15) is 22.0 Å². The Kier molecular flexibility index (Phi) is 4.32. The summed E-state index contributed by atoms with van der Waals surface area (Å²) in [6.07, 6.45) is -0.239. The van der Waals surface area contributed by atoms with Crippen LogP contribution in [-0.4, -0.2) is 43.5 Å². The van der Waals surface area contributed by atoms with E-state index in [1.807, 2.05) is 54.6 Å². The molecule has 0 amide bonds. The van der Waals surface area contributed by atoms with Crippen LogP contribution in [0.5, 0.6) is 5.75 Å². The molecule has 124 valence electrons. The molecule has 2 aromatic rings. The molecule has 0 spiro atoms. The van der Waals surface area contributed by atoms with E-state index in [0.717, 1.165) is 31.9 Å². The molecule has 2 aromatic carbocycles. The number of rotatable bonds is 3. The molecule has 4 heteroatoms. The number of benzene rings is 2. The highest BCUT2D eigenvalue weighted by Crippen LogP contribution is 2.39. The summed E-state index contributed by atoms with van der Waals surface area (Å²) in [6, 6.07) is 17.6. The van der Waals surface area contributed by atoms with Crippen LogP contribution in [0.4, 0.5) is 0 Å². The molecule has 2 heterocycles. The lowest BCUT2D eigenvalue weighted by Crippen LogP contribution is -2.44. The highest BCUT2D eigenvalue weighted by molar-refractivity contribution is 6.01. The number of hydrogen-bond donors (Lipinski definition) is 0. The third-order valence-corrected chi connectivity index (χ3v) is 4.80. The van der Waals surface area contributed by atoms with E-state index in [-0.39, 0.29) is 17.8 Å². The number of ether oxygens (including phenoxy) is 2. The summed E-state index contributed by atoms with van der Waals surface area (Å²) >= 11 is 0. The van der Waals surface area contributed by atoms with E-state index in [0.29, 0.717) is 17.9 Å². The smallest absolute Gasteiger partial charge is 0.175 e. The number of para-hydroxylation sites is 1. The number of Topliss-reactive ketones (excluding diaryl/α,β-unsaturated/α-hetero) is 1. The van der Waals surface area contributed by atoms with Gasteiger partial charge in [-0.05, 0) is 17.7 Å². The van der Waals surface area contributed by atoms with Gasteiger partial charge in [-0.3, -0.25) is 9.69 Å². The van der Waals surface area contributed by atoms with Crippen LogP contribution >= 0.6 is 0 Å². The van der Waals surface area contributed by atoms with Gasteiger partial charge in [0.1, 0.15) is 11.9 Å². The highest BCUT2D eigenvalue weighted by atomic mass is 16.5. The van der Waals surface area contributed by atoms with Crippen molar-refractivity contribution in [2.24, 2.45) is 5.92 Å². The van der Waals surface area contributed by atoms with Crippen LogP contribution < -0.4 is 4.74 Å². The molecule has 1 fully saturated rings. The number of ketones is 1. The fraction of sp³-hybridized carbons (Fsp3) is 0.350. The minimum Gasteiger partial charge on any atom is -0.484 e. The molecule has 24 heavy (non-hydrogen) atoms. The third kappa shape index (κ3) is 2.95. The normalized spacial score (nSPS) is 24.2. The Morgan fingerprint density at radius 1 is 0.958 bits per heavy atom. The Morgan fingerprint density at radius 3 is 2.46 bits per heavy atom. The Morgan fingerprint density at radius 2 is 1.67 bits per heavy atom. The van der Waals surface area contributed by atoms with Crippen molar-refractivity contribution < 1.29 is 14.3 Å². The van der Waals surface area contributed by atoms with Crippen LogP contribution in [-0.2, 0) is 4.74 Å². The monoisotopic (exact) mass is 323 g/mol. The van der Waals surface area contributed by atoms with Crippen molar-refractivity contribution >= 4 is 5.78 Å². The van der Waals surface area contributed by atoms with Crippen molar-refractivity contribution in [1.29, 1.82) is 0 Å². The Bertz CT molecular complexity index is 710. The fourth-order valence-electron chi connectivity index (χ4n) is 3.51. The van der Waals surface area contributed by atoms with Gasteiger partial charge < -0.3 is 9.47 Å². The fourth-order valence-corrected chi connectivity index (χ4v) is 3.51. The maximum Gasteiger partial charge on any atom is 0.175 e. The lowest BCUT2D eigenvalue weighted by Gasteiger charge is -2.37. The van der Waals surface area contributed by atoms with Crippen molar-refractivity contribution in [2.45, 2.75) is 6.10 Å². The average Bonchev–Trinajstić information content (AvgIpc) is 2.65. The van der Waals surface area contributed by atoms with Crippen LogP contribution in [0.15, 0.2) is 54.6 Å². The van der Waals surface area contributed by atoms with Crippen molar-refractivity contribution in [2.75, 3.05) is 32.8 Å². The second-order valence-electron chi connectivity index (χ2n) is 6.33. The molecule has 2 aliphatic heterocycles. The predicted molar refractivity (Wildman–Crippen MR) is 91.3 cm³/mol. The first kappa shape index (κ1) is 15.4. The predicted octanol–water partition coefficient (Wildman–Crippen LogP) is 2.95. The largest absolute Gasteiger partial charge is 0.484 e. The average molecular weight is 323 g/mol. The van der Waals surface area contributed by atoms with E-state index >= 15 is 0 Å². The van der Waals surface area contributed by atoms with E-state index in [1.165, 1.54) is 0 Å². The number of fused-ring (bicyclic) bond motifs is 1. The van der Waals surface area contributed by atoms with Gasteiger partial charge in [0.25, 0.3) is 0 Å². The maximum atomic E-state index is 13.1. The Labute approximate surface area is 142 Å². The summed E-state index contributed by atoms with van der Waals surface area (Å²) in [5.74, 6) is 0.673. The summed E-state index contributed by atoms with van der Waals surface area (Å²) in [4.78, 5) is 15.4. The second-order valence-corrected chi connectivity index (χ2v) is 6.33. The van der Waals surface area contributed by atoms with Gasteiger partial charge in [-0.25, -0.2) is 0 Å². The minimum absolute atomic E-state index is 0.178. The summed E-state index contributed by atoms with van der Waals surface area (Å²) in [5, 5.41) is 0. The van der Waals surface area contributed by atoms with E-state index < -0.39 is 0 Å². The maximum absolute atomic E-state index is 13.1. The van der Waals surface area contributed by atoms with Gasteiger partial charge in [0, 0.05) is 19.6 Å². The molecule has 4 rings (SSSR count). The van der Waals surface area contributed by atoms with Gasteiger partial charge in [0.15, 0.2) is 5.78 Å². The minimum atomic E-state index is -0.239. The van der Waals surface area contributed by atoms with E-state index in [1.54, 1.807) is 0 Å². The molecule has 0 saturated carbocycles. The van der Waals surface area contributed by atoms with Crippen LogP contribution in [0.2, 0.25) is 0 Å². The first-order valence-corrected chi connectivity index (χ1v) is 8.48. The van der Waals surface area contributed by atoms with Crippen LogP contribution in [0.3, 0.4) is 0 Å².